The Kier molecular flexibility index (Phi) is 7.28. The number of anilines is 1. The van der Waals surface area contributed by atoms with Crippen molar-refractivity contribution in [2.45, 2.75) is 31.8 Å². The van der Waals surface area contributed by atoms with Gasteiger partial charge in [-0.25, -0.2) is 27.4 Å². The Bertz CT molecular complexity index is 1350. The van der Waals surface area contributed by atoms with Crippen LogP contribution in [0.15, 0.2) is 59.5 Å². The zero-order valence-corrected chi connectivity index (χ0v) is 19.5. The van der Waals surface area contributed by atoms with Gasteiger partial charge in [0.15, 0.2) is 6.10 Å². The van der Waals surface area contributed by atoms with E-state index in [1.807, 2.05) is 6.92 Å². The molecule has 0 spiro atoms. The number of benzene rings is 2. The number of halogens is 1. The fourth-order valence-corrected chi connectivity index (χ4v) is 3.64. The standard InChI is InChI=1S/C23H23FN4O5S/c1-14-21(15(2)28(27-14)19-8-4-17(24)5-9-19)12-13-22(29)33-16(3)23(30)26-18-6-10-20(11-7-18)34(25,31)32/h4-13,16H,1-3H3,(H,26,30)(H2,25,31,32)/b13-12+. The molecule has 1 atom stereocenters. The molecule has 0 radical (unpaired) electrons. The molecule has 178 valence electrons. The highest BCUT2D eigenvalue weighted by molar-refractivity contribution is 7.89. The van der Waals surface area contributed by atoms with Crippen molar-refractivity contribution in [2.24, 2.45) is 5.14 Å². The number of primary sulfonamides is 1. The lowest BCUT2D eigenvalue weighted by molar-refractivity contribution is -0.148. The van der Waals surface area contributed by atoms with Crippen LogP contribution in [0.5, 0.6) is 0 Å². The predicted molar refractivity (Wildman–Crippen MR) is 124 cm³/mol. The van der Waals surface area contributed by atoms with Gasteiger partial charge in [0.1, 0.15) is 5.82 Å². The molecule has 3 N–H and O–H groups in total. The Morgan fingerprint density at radius 1 is 1.12 bits per heavy atom. The highest BCUT2D eigenvalue weighted by Crippen LogP contribution is 2.20. The Morgan fingerprint density at radius 3 is 2.32 bits per heavy atom. The number of carbonyl (C=O) groups is 2. The van der Waals surface area contributed by atoms with E-state index in [0.29, 0.717) is 22.6 Å². The second kappa shape index (κ2) is 9.98. The third kappa shape index (κ3) is 5.94. The molecule has 1 amide bonds. The van der Waals surface area contributed by atoms with Gasteiger partial charge < -0.3 is 10.1 Å². The molecule has 0 fully saturated rings. The van der Waals surface area contributed by atoms with Crippen LogP contribution in [-0.2, 0) is 24.3 Å². The smallest absolute Gasteiger partial charge is 0.331 e. The molecule has 0 aliphatic carbocycles. The Balaban J connectivity index is 1.63. The summed E-state index contributed by atoms with van der Waals surface area (Å²) in [4.78, 5) is 24.4. The van der Waals surface area contributed by atoms with E-state index in [4.69, 9.17) is 9.88 Å². The van der Waals surface area contributed by atoms with Crippen molar-refractivity contribution in [1.29, 1.82) is 0 Å². The summed E-state index contributed by atoms with van der Waals surface area (Å²) in [6.45, 7) is 4.99. The average Bonchev–Trinajstić information content (AvgIpc) is 3.05. The van der Waals surface area contributed by atoms with Crippen molar-refractivity contribution >= 4 is 33.7 Å². The van der Waals surface area contributed by atoms with Crippen molar-refractivity contribution in [3.05, 3.63) is 77.4 Å². The van der Waals surface area contributed by atoms with Crippen LogP contribution in [-0.4, -0.2) is 36.2 Å². The van der Waals surface area contributed by atoms with E-state index < -0.39 is 28.0 Å². The number of aromatic nitrogens is 2. The molecule has 3 aromatic rings. The van der Waals surface area contributed by atoms with Crippen LogP contribution in [0.25, 0.3) is 11.8 Å². The third-order valence-corrected chi connectivity index (χ3v) is 5.85. The van der Waals surface area contributed by atoms with E-state index in [1.54, 1.807) is 23.7 Å². The van der Waals surface area contributed by atoms with E-state index in [0.717, 1.165) is 5.69 Å². The Hall–Kier alpha value is -3.83. The third-order valence-electron chi connectivity index (χ3n) is 4.92. The molecule has 34 heavy (non-hydrogen) atoms. The van der Waals surface area contributed by atoms with E-state index in [1.165, 1.54) is 55.5 Å². The second-order valence-corrected chi connectivity index (χ2v) is 9.01. The topological polar surface area (TPSA) is 133 Å². The van der Waals surface area contributed by atoms with E-state index in [2.05, 4.69) is 10.4 Å². The largest absolute Gasteiger partial charge is 0.449 e. The van der Waals surface area contributed by atoms with Gasteiger partial charge in [-0.1, -0.05) is 0 Å². The summed E-state index contributed by atoms with van der Waals surface area (Å²) >= 11 is 0. The second-order valence-electron chi connectivity index (χ2n) is 7.44. The molecule has 0 aliphatic heterocycles. The first-order valence-electron chi connectivity index (χ1n) is 10.1. The predicted octanol–water partition coefficient (Wildman–Crippen LogP) is 2.86. The molecule has 3 rings (SSSR count). The van der Waals surface area contributed by atoms with Crippen molar-refractivity contribution in [2.75, 3.05) is 5.32 Å². The lowest BCUT2D eigenvalue weighted by Crippen LogP contribution is -2.29. The average molecular weight is 487 g/mol. The van der Waals surface area contributed by atoms with Gasteiger partial charge in [-0.05, 0) is 75.4 Å². The number of carbonyl (C=O) groups excluding carboxylic acids is 2. The van der Waals surface area contributed by atoms with E-state index in [9.17, 15) is 22.4 Å². The number of ether oxygens (including phenoxy) is 1. The van der Waals surface area contributed by atoms with Crippen molar-refractivity contribution in [3.8, 4) is 5.69 Å². The summed E-state index contributed by atoms with van der Waals surface area (Å²) < 4.78 is 42.6. The summed E-state index contributed by atoms with van der Waals surface area (Å²) in [5.74, 6) is -1.69. The number of nitrogens with two attached hydrogens (primary N) is 1. The van der Waals surface area contributed by atoms with Crippen molar-refractivity contribution < 1.29 is 27.1 Å². The molecule has 9 nitrogen and oxygen atoms in total. The summed E-state index contributed by atoms with van der Waals surface area (Å²) in [7, 11) is -3.84. The minimum Gasteiger partial charge on any atom is -0.449 e. The molecule has 0 bridgehead atoms. The van der Waals surface area contributed by atoms with Gasteiger partial charge in [-0.2, -0.15) is 5.10 Å². The number of rotatable bonds is 7. The Labute approximate surface area is 196 Å². The van der Waals surface area contributed by atoms with Gasteiger partial charge in [0.2, 0.25) is 10.0 Å². The van der Waals surface area contributed by atoms with Crippen LogP contribution in [0.3, 0.4) is 0 Å². The molecule has 0 aliphatic rings. The molecule has 2 aromatic carbocycles. The van der Waals surface area contributed by atoms with Gasteiger partial charge in [-0.15, -0.1) is 0 Å². The molecule has 0 saturated carbocycles. The first-order chi connectivity index (χ1) is 16.0. The molecule has 1 unspecified atom stereocenters. The summed E-state index contributed by atoms with van der Waals surface area (Å²) in [5.41, 5.74) is 3.07. The summed E-state index contributed by atoms with van der Waals surface area (Å²) in [5, 5.41) is 12.0. The maximum atomic E-state index is 13.2. The number of aryl methyl sites for hydroxylation is 1. The van der Waals surface area contributed by atoms with Crippen LogP contribution >= 0.6 is 0 Å². The number of nitrogens with one attached hydrogen (secondary N) is 1. The fourth-order valence-electron chi connectivity index (χ4n) is 3.12. The quantitative estimate of drug-likeness (QED) is 0.390. The number of hydrogen-bond donors (Lipinski definition) is 2. The van der Waals surface area contributed by atoms with Crippen LogP contribution < -0.4 is 10.5 Å². The highest BCUT2D eigenvalue weighted by Gasteiger charge is 2.18. The number of hydrogen-bond acceptors (Lipinski definition) is 6. The monoisotopic (exact) mass is 486 g/mol. The van der Waals surface area contributed by atoms with Gasteiger partial charge in [0.05, 0.1) is 16.3 Å². The van der Waals surface area contributed by atoms with Crippen LogP contribution in [0, 0.1) is 19.7 Å². The Morgan fingerprint density at radius 2 is 1.74 bits per heavy atom. The number of nitrogens with zero attached hydrogens (tertiary/aromatic N) is 2. The fraction of sp³-hybridized carbons (Fsp3) is 0.174. The number of amides is 1. The lowest BCUT2D eigenvalue weighted by Gasteiger charge is -2.12. The minimum absolute atomic E-state index is 0.0940. The number of sulfonamides is 1. The van der Waals surface area contributed by atoms with E-state index in [-0.39, 0.29) is 10.7 Å². The van der Waals surface area contributed by atoms with Crippen LogP contribution in [0.1, 0.15) is 23.9 Å². The molecule has 1 heterocycles. The van der Waals surface area contributed by atoms with Crippen LogP contribution in [0.4, 0.5) is 10.1 Å². The summed E-state index contributed by atoms with van der Waals surface area (Å²) in [6.07, 6.45) is 1.62. The normalized spacial score (nSPS) is 12.5. The van der Waals surface area contributed by atoms with Gasteiger partial charge in [0, 0.05) is 23.0 Å². The van der Waals surface area contributed by atoms with Gasteiger partial charge in [0.25, 0.3) is 5.91 Å². The molecule has 0 saturated heterocycles. The lowest BCUT2D eigenvalue weighted by atomic mass is 10.2. The van der Waals surface area contributed by atoms with Crippen LogP contribution in [0.2, 0.25) is 0 Å². The van der Waals surface area contributed by atoms with Gasteiger partial charge >= 0.3 is 5.97 Å². The zero-order chi connectivity index (χ0) is 25.0. The highest BCUT2D eigenvalue weighted by atomic mass is 32.2. The maximum absolute atomic E-state index is 13.2. The number of esters is 1. The van der Waals surface area contributed by atoms with E-state index >= 15 is 0 Å². The maximum Gasteiger partial charge on any atom is 0.331 e. The molecule has 1 aromatic heterocycles. The zero-order valence-electron chi connectivity index (χ0n) is 18.7. The summed E-state index contributed by atoms with van der Waals surface area (Å²) in [6, 6.07) is 11.1. The first-order valence-corrected chi connectivity index (χ1v) is 11.6. The van der Waals surface area contributed by atoms with Crippen molar-refractivity contribution in [1.82, 2.24) is 9.78 Å². The molecule has 11 heteroatoms. The molecular weight excluding hydrogens is 463 g/mol. The molecular formula is C23H23FN4O5S. The van der Waals surface area contributed by atoms with Gasteiger partial charge in [-0.3, -0.25) is 4.79 Å². The first kappa shape index (κ1) is 24.8. The SMILES string of the molecule is Cc1nn(-c2ccc(F)cc2)c(C)c1/C=C/C(=O)OC(C)C(=O)Nc1ccc(S(N)(=O)=O)cc1. The minimum atomic E-state index is -3.84. The van der Waals surface area contributed by atoms with Crippen molar-refractivity contribution in [3.63, 3.8) is 0 Å².